The number of oxazole rings is 1. The van der Waals surface area contributed by atoms with Gasteiger partial charge in [0, 0.05) is 42.1 Å². The molecule has 0 aliphatic rings. The number of amides is 1. The van der Waals surface area contributed by atoms with Gasteiger partial charge in [-0.15, -0.1) is 23.1 Å². The monoisotopic (exact) mass is 386 g/mol. The first-order valence-electron chi connectivity index (χ1n) is 7.79. The van der Waals surface area contributed by atoms with Gasteiger partial charge in [0.05, 0.1) is 11.4 Å². The normalized spacial score (nSPS) is 11.3. The van der Waals surface area contributed by atoms with Gasteiger partial charge in [0.15, 0.2) is 16.4 Å². The number of carbonyl (C=O) groups excluding carboxylic acids is 1. The van der Waals surface area contributed by atoms with E-state index in [0.717, 1.165) is 5.52 Å². The SMILES string of the molecule is Cc1nc2ccc(NC(=O)CSCc3cc(=O)n4ccsc4n3)cc2o1. The Hall–Kier alpha value is -2.65. The molecule has 0 fully saturated rings. The van der Waals surface area contributed by atoms with E-state index < -0.39 is 0 Å². The number of hydrogen-bond acceptors (Lipinski definition) is 7. The fourth-order valence-corrected chi connectivity index (χ4v) is 3.98. The average molecular weight is 386 g/mol. The molecule has 1 amide bonds. The summed E-state index contributed by atoms with van der Waals surface area (Å²) in [5.74, 6) is 1.22. The number of thioether (sulfide) groups is 1. The molecule has 4 rings (SSSR count). The highest BCUT2D eigenvalue weighted by molar-refractivity contribution is 7.99. The molecule has 1 aromatic carbocycles. The second kappa shape index (κ2) is 6.93. The first kappa shape index (κ1) is 16.8. The average Bonchev–Trinajstić information content (AvgIpc) is 3.20. The van der Waals surface area contributed by atoms with Crippen LogP contribution in [0.25, 0.3) is 16.1 Å². The highest BCUT2D eigenvalue weighted by atomic mass is 32.2. The molecular weight excluding hydrogens is 372 g/mol. The van der Waals surface area contributed by atoms with Gasteiger partial charge in [-0.25, -0.2) is 9.97 Å². The third-order valence-corrected chi connectivity index (χ3v) is 5.34. The molecule has 0 spiro atoms. The van der Waals surface area contributed by atoms with Crippen molar-refractivity contribution >= 4 is 50.8 Å². The van der Waals surface area contributed by atoms with Crippen molar-refractivity contribution in [1.29, 1.82) is 0 Å². The summed E-state index contributed by atoms with van der Waals surface area (Å²) in [6.07, 6.45) is 1.70. The molecule has 132 valence electrons. The topological polar surface area (TPSA) is 89.5 Å². The molecule has 0 aliphatic heterocycles. The Morgan fingerprint density at radius 3 is 3.12 bits per heavy atom. The van der Waals surface area contributed by atoms with Gasteiger partial charge in [-0.2, -0.15) is 0 Å². The van der Waals surface area contributed by atoms with E-state index in [-0.39, 0.29) is 17.2 Å². The number of anilines is 1. The van der Waals surface area contributed by atoms with Crippen molar-refractivity contribution in [3.05, 3.63) is 57.8 Å². The first-order valence-corrected chi connectivity index (χ1v) is 9.82. The molecular formula is C17H14N4O3S2. The highest BCUT2D eigenvalue weighted by Gasteiger charge is 2.08. The van der Waals surface area contributed by atoms with E-state index in [2.05, 4.69) is 15.3 Å². The lowest BCUT2D eigenvalue weighted by atomic mass is 10.3. The van der Waals surface area contributed by atoms with Crippen molar-refractivity contribution in [1.82, 2.24) is 14.4 Å². The molecule has 26 heavy (non-hydrogen) atoms. The fraction of sp³-hybridized carbons (Fsp3) is 0.176. The van der Waals surface area contributed by atoms with Crippen LogP contribution in [0.4, 0.5) is 5.69 Å². The minimum atomic E-state index is -0.125. The van der Waals surface area contributed by atoms with Crippen LogP contribution in [0.15, 0.2) is 45.1 Å². The molecule has 4 aromatic rings. The van der Waals surface area contributed by atoms with Crippen molar-refractivity contribution in [2.75, 3.05) is 11.1 Å². The zero-order chi connectivity index (χ0) is 18.1. The summed E-state index contributed by atoms with van der Waals surface area (Å²) in [6, 6.07) is 6.86. The number of hydrogen-bond donors (Lipinski definition) is 1. The first-order chi connectivity index (χ1) is 12.6. The Balaban J connectivity index is 1.36. The fourth-order valence-electron chi connectivity index (χ4n) is 2.52. The molecule has 3 aromatic heterocycles. The number of aromatic nitrogens is 3. The Morgan fingerprint density at radius 1 is 1.35 bits per heavy atom. The van der Waals surface area contributed by atoms with Crippen LogP contribution in [0, 0.1) is 6.92 Å². The highest BCUT2D eigenvalue weighted by Crippen LogP contribution is 2.20. The summed E-state index contributed by atoms with van der Waals surface area (Å²) in [7, 11) is 0. The molecule has 0 saturated heterocycles. The third kappa shape index (κ3) is 3.49. The number of thiazole rings is 1. The van der Waals surface area contributed by atoms with E-state index in [1.807, 2.05) is 11.4 Å². The predicted octanol–water partition coefficient (Wildman–Crippen LogP) is 3.08. The van der Waals surface area contributed by atoms with Gasteiger partial charge >= 0.3 is 0 Å². The summed E-state index contributed by atoms with van der Waals surface area (Å²) in [4.78, 5) is 33.4. The molecule has 0 radical (unpaired) electrons. The van der Waals surface area contributed by atoms with Crippen LogP contribution in [-0.2, 0) is 10.5 Å². The summed E-state index contributed by atoms with van der Waals surface area (Å²) in [6.45, 7) is 1.78. The number of carbonyl (C=O) groups is 1. The maximum Gasteiger partial charge on any atom is 0.258 e. The van der Waals surface area contributed by atoms with Gasteiger partial charge in [0.25, 0.3) is 5.56 Å². The second-order valence-electron chi connectivity index (χ2n) is 5.60. The van der Waals surface area contributed by atoms with E-state index in [1.54, 1.807) is 25.3 Å². The summed E-state index contributed by atoms with van der Waals surface area (Å²) in [5, 5.41) is 4.66. The molecule has 0 atom stereocenters. The quantitative estimate of drug-likeness (QED) is 0.567. The Morgan fingerprint density at radius 2 is 2.23 bits per heavy atom. The van der Waals surface area contributed by atoms with Crippen molar-refractivity contribution in [2.24, 2.45) is 0 Å². The Bertz CT molecular complexity index is 1160. The van der Waals surface area contributed by atoms with E-state index in [0.29, 0.717) is 33.6 Å². The van der Waals surface area contributed by atoms with Gasteiger partial charge in [-0.1, -0.05) is 0 Å². The van der Waals surface area contributed by atoms with E-state index in [1.165, 1.54) is 33.6 Å². The summed E-state index contributed by atoms with van der Waals surface area (Å²) < 4.78 is 6.97. The number of nitrogens with zero attached hydrogens (tertiary/aromatic N) is 3. The minimum absolute atomic E-state index is 0.105. The summed E-state index contributed by atoms with van der Waals surface area (Å²) in [5.41, 5.74) is 2.63. The van der Waals surface area contributed by atoms with Crippen LogP contribution < -0.4 is 10.9 Å². The summed E-state index contributed by atoms with van der Waals surface area (Å²) >= 11 is 2.82. The van der Waals surface area contributed by atoms with Crippen LogP contribution in [0.5, 0.6) is 0 Å². The molecule has 7 nitrogen and oxygen atoms in total. The maximum atomic E-state index is 12.1. The van der Waals surface area contributed by atoms with Gasteiger partial charge in [0.1, 0.15) is 5.52 Å². The van der Waals surface area contributed by atoms with Crippen LogP contribution in [0.1, 0.15) is 11.6 Å². The molecule has 3 heterocycles. The van der Waals surface area contributed by atoms with Gasteiger partial charge in [-0.3, -0.25) is 14.0 Å². The van der Waals surface area contributed by atoms with Gasteiger partial charge in [0.2, 0.25) is 5.91 Å². The zero-order valence-electron chi connectivity index (χ0n) is 13.8. The maximum absolute atomic E-state index is 12.1. The predicted molar refractivity (Wildman–Crippen MR) is 103 cm³/mol. The molecule has 0 aliphatic carbocycles. The molecule has 1 N–H and O–H groups in total. The second-order valence-corrected chi connectivity index (χ2v) is 7.46. The van der Waals surface area contributed by atoms with Crippen molar-refractivity contribution in [3.63, 3.8) is 0 Å². The lowest BCUT2D eigenvalue weighted by Crippen LogP contribution is -2.15. The zero-order valence-corrected chi connectivity index (χ0v) is 15.4. The van der Waals surface area contributed by atoms with Gasteiger partial charge < -0.3 is 9.73 Å². The van der Waals surface area contributed by atoms with Crippen LogP contribution in [-0.4, -0.2) is 26.0 Å². The van der Waals surface area contributed by atoms with Crippen LogP contribution in [0.3, 0.4) is 0 Å². The van der Waals surface area contributed by atoms with E-state index in [9.17, 15) is 9.59 Å². The molecule has 0 unspecified atom stereocenters. The third-order valence-electron chi connectivity index (χ3n) is 3.62. The molecule has 0 bridgehead atoms. The smallest absolute Gasteiger partial charge is 0.258 e. The number of rotatable bonds is 5. The lowest BCUT2D eigenvalue weighted by molar-refractivity contribution is -0.113. The minimum Gasteiger partial charge on any atom is -0.441 e. The number of benzene rings is 1. The number of fused-ring (bicyclic) bond motifs is 2. The van der Waals surface area contributed by atoms with Gasteiger partial charge in [-0.05, 0) is 12.1 Å². The van der Waals surface area contributed by atoms with Crippen molar-refractivity contribution in [2.45, 2.75) is 12.7 Å². The largest absolute Gasteiger partial charge is 0.441 e. The van der Waals surface area contributed by atoms with Crippen LogP contribution >= 0.6 is 23.1 Å². The van der Waals surface area contributed by atoms with E-state index >= 15 is 0 Å². The Kier molecular flexibility index (Phi) is 4.48. The lowest BCUT2D eigenvalue weighted by Gasteiger charge is -2.05. The number of nitrogens with one attached hydrogen (secondary N) is 1. The van der Waals surface area contributed by atoms with Crippen molar-refractivity contribution in [3.8, 4) is 0 Å². The standard InChI is InChI=1S/C17H14N4O3S2/c1-10-18-13-3-2-11(6-14(13)24-10)19-15(22)9-25-8-12-7-16(23)21-4-5-26-17(21)20-12/h2-7H,8-9H2,1H3,(H,19,22). The molecule has 0 saturated carbocycles. The number of aryl methyl sites for hydroxylation is 1. The van der Waals surface area contributed by atoms with Crippen LogP contribution in [0.2, 0.25) is 0 Å². The van der Waals surface area contributed by atoms with E-state index in [4.69, 9.17) is 4.42 Å². The molecule has 9 heteroatoms. The van der Waals surface area contributed by atoms with Crippen molar-refractivity contribution < 1.29 is 9.21 Å². The Labute approximate surface area is 156 Å².